The minimum absolute atomic E-state index is 0.562. The quantitative estimate of drug-likeness (QED) is 0.143. The van der Waals surface area contributed by atoms with E-state index in [1.54, 1.807) is 0 Å². The van der Waals surface area contributed by atoms with Crippen molar-refractivity contribution in [1.82, 2.24) is 0 Å². The van der Waals surface area contributed by atoms with E-state index in [1.165, 1.54) is 0 Å². The zero-order chi connectivity index (χ0) is 45.3. The maximum Gasteiger partial charge on any atom is 0.189 e. The molecule has 0 saturated heterocycles. The Hall–Kier alpha value is -9.11. The first kappa shape index (κ1) is 39.3. The molecule has 0 amide bonds. The van der Waals surface area contributed by atoms with Crippen LogP contribution in [0.2, 0.25) is 0 Å². The third kappa shape index (κ3) is 5.81. The highest BCUT2D eigenvalue weighted by Crippen LogP contribution is 2.64. The molecule has 0 spiro atoms. The van der Waals surface area contributed by atoms with Gasteiger partial charge in [0.15, 0.2) is 11.3 Å². The summed E-state index contributed by atoms with van der Waals surface area (Å²) in [7, 11) is 0. The molecule has 0 saturated carbocycles. The van der Waals surface area contributed by atoms with Gasteiger partial charge in [-0.2, -0.15) is 0 Å². The third-order valence-corrected chi connectivity index (χ3v) is 13.7. The maximum atomic E-state index is 8.08. The van der Waals surface area contributed by atoms with Crippen LogP contribution in [0.4, 0.5) is 39.8 Å². The van der Waals surface area contributed by atoms with Crippen molar-refractivity contribution in [3.63, 3.8) is 0 Å². The van der Waals surface area contributed by atoms with Gasteiger partial charge in [0.2, 0.25) is 0 Å². The van der Waals surface area contributed by atoms with Gasteiger partial charge in [-0.15, -0.1) is 0 Å². The van der Waals surface area contributed by atoms with E-state index >= 15 is 0 Å². The molecule has 10 aromatic carbocycles. The summed E-state index contributed by atoms with van der Waals surface area (Å²) < 4.78 is 14.6. The van der Waals surface area contributed by atoms with Gasteiger partial charge in [0, 0.05) is 50.0 Å². The minimum Gasteiger partial charge on any atom is -0.455 e. The number of nitrogens with zero attached hydrogens (tertiary/aromatic N) is 3. The van der Waals surface area contributed by atoms with Crippen LogP contribution >= 0.6 is 0 Å². The Morgan fingerprint density at radius 2 is 0.882 bits per heavy atom. The summed E-state index contributed by atoms with van der Waals surface area (Å²) in [5.74, 6) is 0. The molecule has 0 bridgehead atoms. The van der Waals surface area contributed by atoms with Gasteiger partial charge in [0.25, 0.3) is 0 Å². The molecule has 1 aliphatic carbocycles. The van der Waals surface area contributed by atoms with Crippen LogP contribution in [0.25, 0.3) is 59.8 Å². The summed E-state index contributed by atoms with van der Waals surface area (Å²) in [4.78, 5) is 8.55. The van der Waals surface area contributed by atoms with Gasteiger partial charge in [0.05, 0.1) is 28.7 Å². The number of anilines is 6. The summed E-state index contributed by atoms with van der Waals surface area (Å²) in [5, 5.41) is 4.03. The molecule has 0 N–H and O–H groups in total. The number of fused-ring (bicyclic) bond motifs is 11. The fraction of sp³-hybridized carbons (Fsp3) is 0.0317. The van der Waals surface area contributed by atoms with Crippen LogP contribution in [-0.2, 0) is 5.41 Å². The number of benzene rings is 10. The van der Waals surface area contributed by atoms with E-state index < -0.39 is 5.41 Å². The minimum atomic E-state index is -0.883. The van der Waals surface area contributed by atoms with Gasteiger partial charge in [-0.25, -0.2) is 4.85 Å². The molecule has 13 rings (SSSR count). The summed E-state index contributed by atoms with van der Waals surface area (Å²) in [6.07, 6.45) is 0. The van der Waals surface area contributed by atoms with Crippen molar-refractivity contribution in [2.75, 3.05) is 9.80 Å². The highest BCUT2D eigenvalue weighted by atomic mass is 16.3. The lowest BCUT2D eigenvalue weighted by Gasteiger charge is -2.36. The van der Waals surface area contributed by atoms with Crippen molar-refractivity contribution in [3.05, 3.63) is 270 Å². The molecule has 0 fully saturated rings. The van der Waals surface area contributed by atoms with Crippen LogP contribution < -0.4 is 9.80 Å². The van der Waals surface area contributed by atoms with Gasteiger partial charge >= 0.3 is 0 Å². The average molecular weight is 872 g/mol. The first-order valence-electron chi connectivity index (χ1n) is 23.0. The molecule has 12 aromatic rings. The molecule has 0 unspecified atom stereocenters. The summed E-state index contributed by atoms with van der Waals surface area (Å²) >= 11 is 0. The van der Waals surface area contributed by atoms with Gasteiger partial charge in [-0.1, -0.05) is 158 Å². The molecule has 2 heterocycles. The molecule has 2 aromatic heterocycles. The van der Waals surface area contributed by atoms with Crippen molar-refractivity contribution in [2.45, 2.75) is 12.3 Å². The largest absolute Gasteiger partial charge is 0.455 e. The fourth-order valence-electron chi connectivity index (χ4n) is 11.0. The lowest BCUT2D eigenvalue weighted by molar-refractivity contribution is 0.668. The highest BCUT2D eigenvalue weighted by molar-refractivity contribution is 6.26. The standard InChI is InChI=1S/C63H41N3O2/c1-41-21-19-31-47(37-41)66(46-29-13-6-14-30-46)54-40-51-59(58-50-34-16-18-36-56(50)67-61(54)58)60-52(63(51,42-22-7-3-8-23-42)43-24-9-4-10-25-43)39-53(57-49-33-15-17-35-55(49)68-62(57)60)65(45-27-11-5-12-28-45)48-32-20-26-44(38-48)64-2/h3-40H,1H3. The number of hydrogen-bond donors (Lipinski definition) is 0. The number of aryl methyl sites for hydroxylation is 1. The van der Waals surface area contributed by atoms with E-state index in [4.69, 9.17) is 15.4 Å². The van der Waals surface area contributed by atoms with Crippen LogP contribution in [0.3, 0.4) is 0 Å². The van der Waals surface area contributed by atoms with Crippen LogP contribution in [0.5, 0.6) is 0 Å². The van der Waals surface area contributed by atoms with Gasteiger partial charge < -0.3 is 18.6 Å². The summed E-state index contributed by atoms with van der Waals surface area (Å²) in [5.41, 5.74) is 16.3. The predicted octanol–water partition coefficient (Wildman–Crippen LogP) is 17.6. The first-order valence-corrected chi connectivity index (χ1v) is 23.0. The number of furan rings is 2. The van der Waals surface area contributed by atoms with Crippen LogP contribution in [0.15, 0.2) is 239 Å². The SMILES string of the molecule is [C-]#[N+]c1cccc(N(c2ccccc2)c2cc3c(c4oc5ccccc5c24)-c2c(cc(N(c4ccccc4)c4cccc(C)c4)c4oc5ccccc5c24)C3(c2ccccc2)c2ccccc2)c1. The van der Waals surface area contributed by atoms with E-state index in [-0.39, 0.29) is 0 Å². The molecule has 0 radical (unpaired) electrons. The zero-order valence-corrected chi connectivity index (χ0v) is 37.1. The topological polar surface area (TPSA) is 37.1 Å². The van der Waals surface area contributed by atoms with E-state index in [0.717, 1.165) is 117 Å². The number of rotatable bonds is 8. The molecular weight excluding hydrogens is 831 g/mol. The number of hydrogen-bond acceptors (Lipinski definition) is 4. The molecule has 0 atom stereocenters. The molecular formula is C63H41N3O2. The lowest BCUT2D eigenvalue weighted by Crippen LogP contribution is -2.29. The predicted molar refractivity (Wildman–Crippen MR) is 279 cm³/mol. The van der Waals surface area contributed by atoms with Crippen LogP contribution in [-0.4, -0.2) is 0 Å². The Bertz CT molecular complexity index is 3900. The Balaban J connectivity index is 1.27. The second kappa shape index (κ2) is 15.5. The van der Waals surface area contributed by atoms with Crippen LogP contribution in [0.1, 0.15) is 27.8 Å². The average Bonchev–Trinajstić information content (AvgIpc) is 4.07. The Kier molecular flexibility index (Phi) is 8.96. The third-order valence-electron chi connectivity index (χ3n) is 13.7. The lowest BCUT2D eigenvalue weighted by atomic mass is 9.67. The van der Waals surface area contributed by atoms with Crippen molar-refractivity contribution in [1.29, 1.82) is 0 Å². The van der Waals surface area contributed by atoms with Crippen LogP contribution in [0, 0.1) is 13.5 Å². The fourth-order valence-corrected chi connectivity index (χ4v) is 11.0. The van der Waals surface area contributed by atoms with E-state index in [0.29, 0.717) is 5.69 Å². The second-order valence-electron chi connectivity index (χ2n) is 17.5. The van der Waals surface area contributed by atoms with Gasteiger partial charge in [0.1, 0.15) is 16.7 Å². The van der Waals surface area contributed by atoms with E-state index in [1.807, 2.05) is 30.3 Å². The monoisotopic (exact) mass is 871 g/mol. The maximum absolute atomic E-state index is 8.08. The Morgan fingerprint density at radius 3 is 1.49 bits per heavy atom. The summed E-state index contributed by atoms with van der Waals surface area (Å²) in [6, 6.07) is 81.2. The van der Waals surface area contributed by atoms with Crippen molar-refractivity contribution < 1.29 is 8.83 Å². The molecule has 0 aliphatic heterocycles. The molecule has 320 valence electrons. The van der Waals surface area contributed by atoms with Gasteiger partial charge in [-0.3, -0.25) is 0 Å². The van der Waals surface area contributed by atoms with E-state index in [2.05, 4.69) is 222 Å². The highest BCUT2D eigenvalue weighted by Gasteiger charge is 2.50. The molecule has 1 aliphatic rings. The Morgan fingerprint density at radius 1 is 0.412 bits per heavy atom. The molecule has 68 heavy (non-hydrogen) atoms. The van der Waals surface area contributed by atoms with Crippen molar-refractivity contribution >= 4 is 83.7 Å². The molecule has 5 heteroatoms. The van der Waals surface area contributed by atoms with Crippen molar-refractivity contribution in [3.8, 4) is 11.1 Å². The Labute approximate surface area is 393 Å². The smallest absolute Gasteiger partial charge is 0.189 e. The zero-order valence-electron chi connectivity index (χ0n) is 37.1. The normalized spacial score (nSPS) is 12.6. The molecule has 5 nitrogen and oxygen atoms in total. The van der Waals surface area contributed by atoms with Gasteiger partial charge in [-0.05, 0) is 108 Å². The van der Waals surface area contributed by atoms with E-state index in [9.17, 15) is 0 Å². The first-order chi connectivity index (χ1) is 33.6. The summed E-state index contributed by atoms with van der Waals surface area (Å²) in [6.45, 7) is 10.2. The second-order valence-corrected chi connectivity index (χ2v) is 17.5. The number of para-hydroxylation sites is 4. The van der Waals surface area contributed by atoms with Crippen molar-refractivity contribution in [2.24, 2.45) is 0 Å².